The van der Waals surface area contributed by atoms with E-state index in [1.807, 2.05) is 24.3 Å². The lowest BCUT2D eigenvalue weighted by Gasteiger charge is -2.05. The molecular weight excluding hydrogens is 350 g/mol. The molecule has 0 bridgehead atoms. The van der Waals surface area contributed by atoms with Crippen molar-refractivity contribution >= 4 is 27.8 Å². The molecule has 2 N–H and O–H groups in total. The van der Waals surface area contributed by atoms with Gasteiger partial charge in [0.1, 0.15) is 6.54 Å². The van der Waals surface area contributed by atoms with Crippen LogP contribution in [-0.2, 0) is 17.6 Å². The van der Waals surface area contributed by atoms with Crippen LogP contribution in [0.25, 0.3) is 5.69 Å². The van der Waals surface area contributed by atoms with Crippen molar-refractivity contribution in [1.82, 2.24) is 15.1 Å². The zero-order valence-corrected chi connectivity index (χ0v) is 13.3. The Bertz CT molecular complexity index is 754. The second kappa shape index (κ2) is 5.92. The van der Waals surface area contributed by atoms with Crippen LogP contribution in [0, 0.1) is 0 Å². The van der Waals surface area contributed by atoms with E-state index in [1.165, 1.54) is 0 Å². The highest BCUT2D eigenvalue weighted by Crippen LogP contribution is 2.28. The number of hydrogen-bond donors (Lipinski definition) is 2. The van der Waals surface area contributed by atoms with E-state index >= 15 is 0 Å². The van der Waals surface area contributed by atoms with E-state index in [0.29, 0.717) is 5.69 Å². The lowest BCUT2D eigenvalue weighted by molar-refractivity contribution is -0.135. The van der Waals surface area contributed by atoms with E-state index in [1.54, 1.807) is 4.68 Å². The third-order valence-corrected chi connectivity index (χ3v) is 4.09. The number of halogens is 1. The molecule has 0 spiro atoms. The summed E-state index contributed by atoms with van der Waals surface area (Å²) in [4.78, 5) is 22.7. The molecule has 1 amide bonds. The second-order valence-electron chi connectivity index (χ2n) is 5.10. The Labute approximate surface area is 135 Å². The van der Waals surface area contributed by atoms with Crippen LogP contribution in [0.4, 0.5) is 0 Å². The zero-order chi connectivity index (χ0) is 15.7. The van der Waals surface area contributed by atoms with Crippen LogP contribution in [0.2, 0.25) is 0 Å². The molecule has 2 aromatic rings. The standard InChI is InChI=1S/C15H14BrN3O3/c16-9-3-1-4-10(7-9)19-12-6-2-5-11(12)14(18-19)15(22)17-8-13(20)21/h1,3-4,7H,2,5-6,8H2,(H,17,22)(H,20,21). The number of carboxylic acids is 1. The largest absolute Gasteiger partial charge is 0.480 e. The molecule has 1 aliphatic rings. The van der Waals surface area contributed by atoms with Gasteiger partial charge in [-0.3, -0.25) is 9.59 Å². The number of carboxylic acid groups (broad SMARTS) is 1. The molecule has 1 aliphatic carbocycles. The number of carbonyl (C=O) groups is 2. The molecule has 1 aromatic heterocycles. The third kappa shape index (κ3) is 2.76. The van der Waals surface area contributed by atoms with Gasteiger partial charge in [-0.25, -0.2) is 4.68 Å². The number of fused-ring (bicyclic) bond motifs is 1. The van der Waals surface area contributed by atoms with Gasteiger partial charge in [-0.1, -0.05) is 22.0 Å². The van der Waals surface area contributed by atoms with E-state index in [2.05, 4.69) is 26.3 Å². The van der Waals surface area contributed by atoms with Crippen LogP contribution in [-0.4, -0.2) is 33.3 Å². The van der Waals surface area contributed by atoms with Crippen molar-refractivity contribution in [3.8, 4) is 5.69 Å². The quantitative estimate of drug-likeness (QED) is 0.869. The number of aromatic nitrogens is 2. The first-order chi connectivity index (χ1) is 10.6. The van der Waals surface area contributed by atoms with Gasteiger partial charge in [-0.15, -0.1) is 0 Å². The Hall–Kier alpha value is -2.15. The molecule has 0 atom stereocenters. The Kier molecular flexibility index (Phi) is 3.98. The van der Waals surface area contributed by atoms with Crippen LogP contribution >= 0.6 is 15.9 Å². The normalized spacial score (nSPS) is 13.0. The SMILES string of the molecule is O=C(O)CNC(=O)c1nn(-c2cccc(Br)c2)c2c1CCC2. The predicted octanol–water partition coefficient (Wildman–Crippen LogP) is 1.94. The highest BCUT2D eigenvalue weighted by Gasteiger charge is 2.27. The van der Waals surface area contributed by atoms with Gasteiger partial charge in [-0.05, 0) is 37.5 Å². The number of amides is 1. The first-order valence-corrected chi connectivity index (χ1v) is 7.72. The summed E-state index contributed by atoms with van der Waals surface area (Å²) < 4.78 is 2.71. The van der Waals surface area contributed by atoms with Crippen molar-refractivity contribution in [2.24, 2.45) is 0 Å². The Balaban J connectivity index is 1.98. The third-order valence-electron chi connectivity index (χ3n) is 3.60. The lowest BCUT2D eigenvalue weighted by Crippen LogP contribution is -2.30. The number of hydrogen-bond acceptors (Lipinski definition) is 3. The summed E-state index contributed by atoms with van der Waals surface area (Å²) in [5.74, 6) is -1.51. The van der Waals surface area contributed by atoms with E-state index in [0.717, 1.165) is 40.7 Å². The first-order valence-electron chi connectivity index (χ1n) is 6.93. The van der Waals surface area contributed by atoms with Gasteiger partial charge in [0.15, 0.2) is 5.69 Å². The Morgan fingerprint density at radius 2 is 2.18 bits per heavy atom. The summed E-state index contributed by atoms with van der Waals surface area (Å²) in [6, 6.07) is 7.69. The zero-order valence-electron chi connectivity index (χ0n) is 11.7. The van der Waals surface area contributed by atoms with Gasteiger partial charge in [0.05, 0.1) is 5.69 Å². The maximum atomic E-state index is 12.2. The maximum Gasteiger partial charge on any atom is 0.322 e. The first kappa shape index (κ1) is 14.8. The minimum Gasteiger partial charge on any atom is -0.480 e. The van der Waals surface area contributed by atoms with E-state index in [4.69, 9.17) is 5.11 Å². The van der Waals surface area contributed by atoms with Crippen LogP contribution in [0.5, 0.6) is 0 Å². The smallest absolute Gasteiger partial charge is 0.322 e. The number of nitrogens with one attached hydrogen (secondary N) is 1. The molecule has 22 heavy (non-hydrogen) atoms. The molecule has 0 fully saturated rings. The molecule has 0 aliphatic heterocycles. The highest BCUT2D eigenvalue weighted by atomic mass is 79.9. The van der Waals surface area contributed by atoms with Crippen LogP contribution < -0.4 is 5.32 Å². The minimum absolute atomic E-state index is 0.328. The summed E-state index contributed by atoms with van der Waals surface area (Å²) in [5.41, 5.74) is 3.15. The van der Waals surface area contributed by atoms with Gasteiger partial charge in [0.25, 0.3) is 5.91 Å². The highest BCUT2D eigenvalue weighted by molar-refractivity contribution is 9.10. The van der Waals surface area contributed by atoms with Gasteiger partial charge >= 0.3 is 5.97 Å². The van der Waals surface area contributed by atoms with Crippen LogP contribution in [0.1, 0.15) is 28.2 Å². The summed E-state index contributed by atoms with van der Waals surface area (Å²) in [5, 5.41) is 15.5. The number of benzene rings is 1. The fourth-order valence-electron chi connectivity index (χ4n) is 2.68. The monoisotopic (exact) mass is 363 g/mol. The van der Waals surface area contributed by atoms with Crippen molar-refractivity contribution in [1.29, 1.82) is 0 Å². The summed E-state index contributed by atoms with van der Waals surface area (Å²) >= 11 is 3.43. The number of aliphatic carboxylic acids is 1. The second-order valence-corrected chi connectivity index (χ2v) is 6.01. The molecule has 3 rings (SSSR count). The Morgan fingerprint density at radius 3 is 2.91 bits per heavy atom. The number of carbonyl (C=O) groups excluding carboxylic acids is 1. The van der Waals surface area contributed by atoms with Crippen molar-refractivity contribution in [2.75, 3.05) is 6.54 Å². The van der Waals surface area contributed by atoms with Crippen LogP contribution in [0.3, 0.4) is 0 Å². The van der Waals surface area contributed by atoms with Gasteiger partial charge in [0, 0.05) is 15.7 Å². The number of nitrogens with zero attached hydrogens (tertiary/aromatic N) is 2. The predicted molar refractivity (Wildman–Crippen MR) is 83.3 cm³/mol. The van der Waals surface area contributed by atoms with Crippen molar-refractivity contribution < 1.29 is 14.7 Å². The molecule has 0 radical (unpaired) electrons. The molecule has 114 valence electrons. The minimum atomic E-state index is -1.07. The molecule has 0 saturated heterocycles. The summed E-state index contributed by atoms with van der Waals surface area (Å²) in [6.45, 7) is -0.405. The molecule has 0 unspecified atom stereocenters. The summed E-state index contributed by atoms with van der Waals surface area (Å²) in [6.07, 6.45) is 2.63. The van der Waals surface area contributed by atoms with E-state index in [-0.39, 0.29) is 0 Å². The number of rotatable bonds is 4. The van der Waals surface area contributed by atoms with Crippen molar-refractivity contribution in [3.05, 3.63) is 45.7 Å². The average molecular weight is 364 g/mol. The van der Waals surface area contributed by atoms with E-state index < -0.39 is 18.4 Å². The summed E-state index contributed by atoms with van der Waals surface area (Å²) in [7, 11) is 0. The van der Waals surface area contributed by atoms with Gasteiger partial charge < -0.3 is 10.4 Å². The molecule has 0 saturated carbocycles. The molecule has 1 aromatic carbocycles. The van der Waals surface area contributed by atoms with E-state index in [9.17, 15) is 9.59 Å². The van der Waals surface area contributed by atoms with Crippen molar-refractivity contribution in [3.63, 3.8) is 0 Å². The molecule has 7 heteroatoms. The van der Waals surface area contributed by atoms with Gasteiger partial charge in [-0.2, -0.15) is 5.10 Å². The molecular formula is C15H14BrN3O3. The fraction of sp³-hybridized carbons (Fsp3) is 0.267. The molecule has 6 nitrogen and oxygen atoms in total. The molecule has 1 heterocycles. The van der Waals surface area contributed by atoms with Crippen LogP contribution in [0.15, 0.2) is 28.7 Å². The lowest BCUT2D eigenvalue weighted by atomic mass is 10.2. The topological polar surface area (TPSA) is 84.2 Å². The Morgan fingerprint density at radius 1 is 1.36 bits per heavy atom. The maximum absolute atomic E-state index is 12.2. The van der Waals surface area contributed by atoms with Crippen molar-refractivity contribution in [2.45, 2.75) is 19.3 Å². The average Bonchev–Trinajstić information content (AvgIpc) is 3.06. The van der Waals surface area contributed by atoms with Gasteiger partial charge in [0.2, 0.25) is 0 Å². The fourth-order valence-corrected chi connectivity index (χ4v) is 3.07.